The van der Waals surface area contributed by atoms with Gasteiger partial charge in [-0.3, -0.25) is 4.79 Å². The smallest absolute Gasteiger partial charge is 0.251 e. The van der Waals surface area contributed by atoms with Crippen LogP contribution in [0.1, 0.15) is 34.3 Å². The van der Waals surface area contributed by atoms with Crippen molar-refractivity contribution < 1.29 is 4.79 Å². The molecule has 2 heterocycles. The molecule has 0 spiro atoms. The standard InChI is InChI=1S/C24H25ClN4OS/c25-21-16-22(29-14-4-5-15-29)28-24(27-21)31-17-19-8-10-20(11-9-19)23(30)26-13-12-18-6-2-1-3-7-18/h1-3,6-11,16H,4-5,12-15,17H2,(H,26,30). The molecule has 1 fully saturated rings. The topological polar surface area (TPSA) is 58.1 Å². The van der Waals surface area contributed by atoms with E-state index in [0.717, 1.165) is 36.6 Å². The lowest BCUT2D eigenvalue weighted by atomic mass is 10.1. The summed E-state index contributed by atoms with van der Waals surface area (Å²) in [5.74, 6) is 1.57. The summed E-state index contributed by atoms with van der Waals surface area (Å²) in [5.41, 5.74) is 2.99. The molecule has 0 aliphatic carbocycles. The first-order valence-electron chi connectivity index (χ1n) is 10.5. The fourth-order valence-electron chi connectivity index (χ4n) is 3.53. The number of amides is 1. The van der Waals surface area contributed by atoms with Gasteiger partial charge >= 0.3 is 0 Å². The van der Waals surface area contributed by atoms with Gasteiger partial charge in [0.15, 0.2) is 5.16 Å². The van der Waals surface area contributed by atoms with Crippen molar-refractivity contribution in [2.45, 2.75) is 30.2 Å². The van der Waals surface area contributed by atoms with E-state index in [-0.39, 0.29) is 5.91 Å². The molecular formula is C24H25ClN4OS. The van der Waals surface area contributed by atoms with Crippen LogP contribution in [-0.2, 0) is 12.2 Å². The molecule has 1 aliphatic rings. The molecule has 1 aliphatic heterocycles. The Kier molecular flexibility index (Phi) is 7.43. The highest BCUT2D eigenvalue weighted by atomic mass is 35.5. The summed E-state index contributed by atoms with van der Waals surface area (Å²) in [5, 5.41) is 4.13. The van der Waals surface area contributed by atoms with Gasteiger partial charge in [0.05, 0.1) is 0 Å². The van der Waals surface area contributed by atoms with Gasteiger partial charge in [0.2, 0.25) is 0 Å². The predicted molar refractivity (Wildman–Crippen MR) is 127 cm³/mol. The van der Waals surface area contributed by atoms with Gasteiger partial charge in [-0.1, -0.05) is 65.8 Å². The highest BCUT2D eigenvalue weighted by Gasteiger charge is 2.15. The number of nitrogens with zero attached hydrogens (tertiary/aromatic N) is 3. The minimum atomic E-state index is -0.0523. The Morgan fingerprint density at radius 2 is 1.74 bits per heavy atom. The lowest BCUT2D eigenvalue weighted by Gasteiger charge is -2.16. The zero-order chi connectivity index (χ0) is 21.5. The van der Waals surface area contributed by atoms with E-state index in [9.17, 15) is 4.79 Å². The maximum absolute atomic E-state index is 12.4. The lowest BCUT2D eigenvalue weighted by molar-refractivity contribution is 0.0954. The fourth-order valence-corrected chi connectivity index (χ4v) is 4.56. The second-order valence-electron chi connectivity index (χ2n) is 7.50. The van der Waals surface area contributed by atoms with Crippen molar-refractivity contribution in [1.82, 2.24) is 15.3 Å². The third-order valence-electron chi connectivity index (χ3n) is 5.22. The second-order valence-corrected chi connectivity index (χ2v) is 8.83. The van der Waals surface area contributed by atoms with E-state index < -0.39 is 0 Å². The number of rotatable bonds is 8. The summed E-state index contributed by atoms with van der Waals surface area (Å²) in [6.45, 7) is 2.66. The van der Waals surface area contributed by atoms with Crippen molar-refractivity contribution in [1.29, 1.82) is 0 Å². The van der Waals surface area contributed by atoms with Crippen LogP contribution in [0.4, 0.5) is 5.82 Å². The monoisotopic (exact) mass is 452 g/mol. The largest absolute Gasteiger partial charge is 0.356 e. The first kappa shape index (κ1) is 21.7. The third-order valence-corrected chi connectivity index (χ3v) is 6.33. The molecule has 1 aromatic heterocycles. The Hall–Kier alpha value is -2.57. The Balaban J connectivity index is 1.29. The molecule has 1 N–H and O–H groups in total. The van der Waals surface area contributed by atoms with E-state index >= 15 is 0 Å². The molecule has 1 amide bonds. The van der Waals surface area contributed by atoms with Gasteiger partial charge in [0.1, 0.15) is 11.0 Å². The van der Waals surface area contributed by atoms with Crippen molar-refractivity contribution in [3.8, 4) is 0 Å². The molecule has 0 unspecified atom stereocenters. The molecule has 5 nitrogen and oxygen atoms in total. The van der Waals surface area contributed by atoms with Crippen molar-refractivity contribution in [2.24, 2.45) is 0 Å². The normalized spacial score (nSPS) is 13.4. The minimum absolute atomic E-state index is 0.0523. The molecule has 0 saturated carbocycles. The Morgan fingerprint density at radius 3 is 2.48 bits per heavy atom. The maximum atomic E-state index is 12.4. The van der Waals surface area contributed by atoms with E-state index in [0.29, 0.717) is 22.4 Å². The molecule has 0 radical (unpaired) electrons. The van der Waals surface area contributed by atoms with Crippen LogP contribution < -0.4 is 10.2 Å². The highest BCUT2D eigenvalue weighted by Crippen LogP contribution is 2.26. The first-order valence-corrected chi connectivity index (χ1v) is 11.9. The van der Waals surface area contributed by atoms with Gasteiger partial charge in [-0.2, -0.15) is 0 Å². The number of thioether (sulfide) groups is 1. The van der Waals surface area contributed by atoms with Crippen LogP contribution >= 0.6 is 23.4 Å². The quantitative estimate of drug-likeness (QED) is 0.296. The highest BCUT2D eigenvalue weighted by molar-refractivity contribution is 7.98. The van der Waals surface area contributed by atoms with Crippen molar-refractivity contribution >= 4 is 35.1 Å². The van der Waals surface area contributed by atoms with Crippen molar-refractivity contribution in [3.05, 3.63) is 82.5 Å². The summed E-state index contributed by atoms with van der Waals surface area (Å²) in [4.78, 5) is 23.6. The number of aromatic nitrogens is 2. The van der Waals surface area contributed by atoms with E-state index in [1.165, 1.54) is 18.4 Å². The number of nitrogens with one attached hydrogen (secondary N) is 1. The second kappa shape index (κ2) is 10.6. The SMILES string of the molecule is O=C(NCCc1ccccc1)c1ccc(CSc2nc(Cl)cc(N3CCCC3)n2)cc1. The maximum Gasteiger partial charge on any atom is 0.251 e. The molecular weight excluding hydrogens is 428 g/mol. The van der Waals surface area contributed by atoms with Crippen LogP contribution in [0.5, 0.6) is 0 Å². The summed E-state index contributed by atoms with van der Waals surface area (Å²) in [7, 11) is 0. The number of anilines is 1. The number of benzene rings is 2. The molecule has 0 bridgehead atoms. The molecule has 0 atom stereocenters. The minimum Gasteiger partial charge on any atom is -0.356 e. The number of hydrogen-bond donors (Lipinski definition) is 1. The van der Waals surface area contributed by atoms with E-state index in [2.05, 4.69) is 32.3 Å². The zero-order valence-corrected chi connectivity index (χ0v) is 18.8. The summed E-state index contributed by atoms with van der Waals surface area (Å²) in [6.07, 6.45) is 3.20. The van der Waals surface area contributed by atoms with Crippen LogP contribution in [0.3, 0.4) is 0 Å². The van der Waals surface area contributed by atoms with E-state index in [4.69, 9.17) is 11.6 Å². The molecule has 7 heteroatoms. The molecule has 2 aromatic carbocycles. The van der Waals surface area contributed by atoms with Crippen molar-refractivity contribution in [3.63, 3.8) is 0 Å². The Labute approximate surface area is 192 Å². The van der Waals surface area contributed by atoms with Crippen LogP contribution in [0.25, 0.3) is 0 Å². The van der Waals surface area contributed by atoms with Crippen LogP contribution in [0.2, 0.25) is 5.15 Å². The van der Waals surface area contributed by atoms with Gasteiger partial charge < -0.3 is 10.2 Å². The summed E-state index contributed by atoms with van der Waals surface area (Å²) in [6, 6.07) is 19.7. The number of carbonyl (C=O) groups excluding carboxylic acids is 1. The third kappa shape index (κ3) is 6.21. The van der Waals surface area contributed by atoms with Gasteiger partial charge in [-0.15, -0.1) is 0 Å². The average Bonchev–Trinajstić information content (AvgIpc) is 3.33. The Bertz CT molecular complexity index is 1010. The van der Waals surface area contributed by atoms with Crippen molar-refractivity contribution in [2.75, 3.05) is 24.5 Å². The van der Waals surface area contributed by atoms with Gasteiger partial charge in [0, 0.05) is 37.0 Å². The molecule has 4 rings (SSSR count). The number of hydrogen-bond acceptors (Lipinski definition) is 5. The summed E-state index contributed by atoms with van der Waals surface area (Å²) < 4.78 is 0. The first-order chi connectivity index (χ1) is 15.2. The van der Waals surface area contributed by atoms with Crippen LogP contribution in [-0.4, -0.2) is 35.5 Å². The molecule has 3 aromatic rings. The zero-order valence-electron chi connectivity index (χ0n) is 17.3. The van der Waals surface area contributed by atoms with Gasteiger partial charge in [-0.05, 0) is 42.5 Å². The van der Waals surface area contributed by atoms with Crippen LogP contribution in [0.15, 0.2) is 65.8 Å². The predicted octanol–water partition coefficient (Wildman–Crippen LogP) is 5.00. The number of halogens is 1. The summed E-state index contributed by atoms with van der Waals surface area (Å²) >= 11 is 7.76. The van der Waals surface area contributed by atoms with Gasteiger partial charge in [-0.25, -0.2) is 9.97 Å². The average molecular weight is 453 g/mol. The molecule has 1 saturated heterocycles. The fraction of sp³-hybridized carbons (Fsp3) is 0.292. The Morgan fingerprint density at radius 1 is 1.00 bits per heavy atom. The lowest BCUT2D eigenvalue weighted by Crippen LogP contribution is -2.25. The van der Waals surface area contributed by atoms with Crippen LogP contribution in [0, 0.1) is 0 Å². The van der Waals surface area contributed by atoms with E-state index in [1.807, 2.05) is 48.5 Å². The van der Waals surface area contributed by atoms with Gasteiger partial charge in [0.25, 0.3) is 5.91 Å². The molecule has 160 valence electrons. The van der Waals surface area contributed by atoms with E-state index in [1.54, 1.807) is 11.8 Å². The molecule has 31 heavy (non-hydrogen) atoms. The number of carbonyl (C=O) groups is 1.